The third-order valence-electron chi connectivity index (χ3n) is 1.64. The Kier molecular flexibility index (Phi) is 8.40. The highest BCUT2D eigenvalue weighted by Crippen LogP contribution is 2.37. The molecule has 0 radical (unpaired) electrons. The number of rotatable bonds is 5. The van der Waals surface area contributed by atoms with Gasteiger partial charge in [0.1, 0.15) is 5.69 Å². The van der Waals surface area contributed by atoms with E-state index in [1.807, 2.05) is 20.8 Å². The number of alkyl halides is 2. The number of benzene rings is 1. The van der Waals surface area contributed by atoms with Crippen molar-refractivity contribution in [3.63, 3.8) is 0 Å². The Hall–Kier alpha value is -1.10. The maximum atomic E-state index is 12.1. The van der Waals surface area contributed by atoms with Crippen LogP contribution in [0.3, 0.4) is 0 Å². The average molecular weight is 261 g/mol. The number of nitrogens with zero attached hydrogens (tertiary/aromatic N) is 1. The van der Waals surface area contributed by atoms with Crippen molar-refractivity contribution in [1.29, 1.82) is 0 Å². The van der Waals surface area contributed by atoms with Crippen LogP contribution in [0, 0.1) is 0 Å². The highest BCUT2D eigenvalue weighted by Gasteiger charge is 2.11. The molecule has 17 heavy (non-hydrogen) atoms. The summed E-state index contributed by atoms with van der Waals surface area (Å²) in [5.41, 5.74) is 0.379. The topological polar surface area (TPSA) is 21.6 Å². The number of ether oxygens (including phenoxy) is 1. The molecule has 0 spiro atoms. The molecular formula is C12H17F2NOS. The molecular weight excluding hydrogens is 244 g/mol. The zero-order chi connectivity index (χ0) is 13.3. The van der Waals surface area contributed by atoms with Gasteiger partial charge in [0, 0.05) is 4.90 Å². The van der Waals surface area contributed by atoms with Gasteiger partial charge in [0.15, 0.2) is 5.75 Å². The molecule has 0 atom stereocenters. The quantitative estimate of drug-likeness (QED) is 0.563. The van der Waals surface area contributed by atoms with Gasteiger partial charge in [-0.1, -0.05) is 26.8 Å². The Bertz CT molecular complexity index is 345. The summed E-state index contributed by atoms with van der Waals surface area (Å²) in [7, 11) is 0. The SMILES string of the molecule is C=Nc1c(OC(F)F)cccc1SCC.CC. The van der Waals surface area contributed by atoms with Crippen LogP contribution in [0.4, 0.5) is 14.5 Å². The van der Waals surface area contributed by atoms with Crippen molar-refractivity contribution in [3.8, 4) is 5.75 Å². The highest BCUT2D eigenvalue weighted by molar-refractivity contribution is 7.99. The van der Waals surface area contributed by atoms with E-state index in [0.717, 1.165) is 10.6 Å². The number of para-hydroxylation sites is 1. The Labute approximate surface area is 105 Å². The van der Waals surface area contributed by atoms with Crippen molar-refractivity contribution < 1.29 is 13.5 Å². The van der Waals surface area contributed by atoms with Crippen molar-refractivity contribution in [2.45, 2.75) is 32.3 Å². The van der Waals surface area contributed by atoms with E-state index in [0.29, 0.717) is 5.69 Å². The standard InChI is InChI=1S/C10H11F2NOS.C2H6/c1-3-15-8-6-4-5-7(9(8)13-2)14-10(11)12;1-2/h4-6,10H,2-3H2,1H3;1-2H3. The van der Waals surface area contributed by atoms with Crippen molar-refractivity contribution in [2.24, 2.45) is 4.99 Å². The first-order chi connectivity index (χ1) is 8.19. The smallest absolute Gasteiger partial charge is 0.387 e. The second-order valence-corrected chi connectivity index (χ2v) is 3.88. The van der Waals surface area contributed by atoms with Gasteiger partial charge in [0.25, 0.3) is 0 Å². The minimum Gasteiger partial charge on any atom is -0.432 e. The van der Waals surface area contributed by atoms with Crippen LogP contribution in [-0.2, 0) is 0 Å². The maximum Gasteiger partial charge on any atom is 0.387 e. The lowest BCUT2D eigenvalue weighted by Crippen LogP contribution is -2.02. The van der Waals surface area contributed by atoms with Crippen LogP contribution in [0.15, 0.2) is 28.1 Å². The summed E-state index contributed by atoms with van der Waals surface area (Å²) < 4.78 is 28.5. The average Bonchev–Trinajstić information content (AvgIpc) is 2.32. The van der Waals surface area contributed by atoms with Crippen LogP contribution >= 0.6 is 11.8 Å². The molecule has 0 N–H and O–H groups in total. The Morgan fingerprint density at radius 1 is 1.41 bits per heavy atom. The van der Waals surface area contributed by atoms with E-state index in [1.165, 1.54) is 17.8 Å². The minimum absolute atomic E-state index is 0.0680. The molecule has 0 aliphatic rings. The first-order valence-corrected chi connectivity index (χ1v) is 6.35. The van der Waals surface area contributed by atoms with E-state index < -0.39 is 6.61 Å². The van der Waals surface area contributed by atoms with Crippen LogP contribution in [0.1, 0.15) is 20.8 Å². The molecule has 0 aromatic heterocycles. The van der Waals surface area contributed by atoms with E-state index >= 15 is 0 Å². The predicted octanol–water partition coefficient (Wildman–Crippen LogP) is 4.76. The third kappa shape index (κ3) is 5.17. The molecule has 0 aliphatic carbocycles. The zero-order valence-electron chi connectivity index (χ0n) is 10.2. The summed E-state index contributed by atoms with van der Waals surface area (Å²) in [6.07, 6.45) is 0. The molecule has 96 valence electrons. The van der Waals surface area contributed by atoms with Crippen LogP contribution < -0.4 is 4.74 Å². The molecule has 0 aliphatic heterocycles. The largest absolute Gasteiger partial charge is 0.432 e. The molecule has 0 unspecified atom stereocenters. The minimum atomic E-state index is -2.84. The molecule has 0 heterocycles. The number of halogens is 2. The lowest BCUT2D eigenvalue weighted by Gasteiger charge is -2.10. The molecule has 5 heteroatoms. The fourth-order valence-electron chi connectivity index (χ4n) is 1.12. The summed E-state index contributed by atoms with van der Waals surface area (Å²) in [6, 6.07) is 4.91. The van der Waals surface area contributed by atoms with Gasteiger partial charge in [0.05, 0.1) is 0 Å². The van der Waals surface area contributed by atoms with Gasteiger partial charge in [-0.2, -0.15) is 8.78 Å². The first-order valence-electron chi connectivity index (χ1n) is 5.36. The molecule has 0 amide bonds. The lowest BCUT2D eigenvalue weighted by atomic mass is 10.3. The molecule has 1 aromatic carbocycles. The first kappa shape index (κ1) is 15.9. The summed E-state index contributed by atoms with van der Waals surface area (Å²) in [6.45, 7) is 6.48. The van der Waals surface area contributed by atoms with Gasteiger partial charge in [0.2, 0.25) is 0 Å². The van der Waals surface area contributed by atoms with Gasteiger partial charge in [-0.25, -0.2) is 0 Å². The molecule has 0 saturated carbocycles. The van der Waals surface area contributed by atoms with Crippen LogP contribution in [0.2, 0.25) is 0 Å². The predicted molar refractivity (Wildman–Crippen MR) is 70.0 cm³/mol. The second-order valence-electron chi connectivity index (χ2n) is 2.57. The van der Waals surface area contributed by atoms with Crippen LogP contribution in [0.5, 0.6) is 5.75 Å². The van der Waals surface area contributed by atoms with E-state index in [9.17, 15) is 8.78 Å². The fraction of sp³-hybridized carbons (Fsp3) is 0.417. The van der Waals surface area contributed by atoms with E-state index in [1.54, 1.807) is 12.1 Å². The van der Waals surface area contributed by atoms with Crippen molar-refractivity contribution in [2.75, 3.05) is 5.75 Å². The lowest BCUT2D eigenvalue weighted by molar-refractivity contribution is -0.0495. The summed E-state index contributed by atoms with van der Waals surface area (Å²) in [4.78, 5) is 4.51. The Morgan fingerprint density at radius 3 is 2.53 bits per heavy atom. The summed E-state index contributed by atoms with van der Waals surface area (Å²) in [5.74, 6) is 0.902. The van der Waals surface area contributed by atoms with Crippen molar-refractivity contribution in [3.05, 3.63) is 18.2 Å². The number of thioether (sulfide) groups is 1. The number of hydrogen-bond acceptors (Lipinski definition) is 3. The maximum absolute atomic E-state index is 12.1. The normalized spacial score (nSPS) is 9.53. The number of hydrogen-bond donors (Lipinski definition) is 0. The van der Waals surface area contributed by atoms with E-state index in [-0.39, 0.29) is 5.75 Å². The van der Waals surface area contributed by atoms with Gasteiger partial charge in [-0.3, -0.25) is 4.99 Å². The fourth-order valence-corrected chi connectivity index (χ4v) is 1.91. The molecule has 1 aromatic rings. The van der Waals surface area contributed by atoms with Gasteiger partial charge >= 0.3 is 6.61 Å². The molecule has 0 saturated heterocycles. The van der Waals surface area contributed by atoms with Gasteiger partial charge in [-0.15, -0.1) is 11.8 Å². The van der Waals surface area contributed by atoms with Crippen LogP contribution in [0.25, 0.3) is 0 Å². The number of aliphatic imine (C=N–C) groups is 1. The second kappa shape index (κ2) is 8.98. The summed E-state index contributed by atoms with van der Waals surface area (Å²) in [5, 5.41) is 0. The van der Waals surface area contributed by atoms with E-state index in [4.69, 9.17) is 0 Å². The Balaban J connectivity index is 0.00000121. The monoisotopic (exact) mass is 261 g/mol. The van der Waals surface area contributed by atoms with Gasteiger partial charge < -0.3 is 4.74 Å². The Morgan fingerprint density at radius 2 is 2.06 bits per heavy atom. The van der Waals surface area contributed by atoms with Crippen molar-refractivity contribution >= 4 is 24.2 Å². The summed E-state index contributed by atoms with van der Waals surface area (Å²) >= 11 is 1.51. The third-order valence-corrected chi connectivity index (χ3v) is 2.57. The molecule has 2 nitrogen and oxygen atoms in total. The van der Waals surface area contributed by atoms with Gasteiger partial charge in [-0.05, 0) is 24.6 Å². The molecule has 0 fully saturated rings. The van der Waals surface area contributed by atoms with Crippen molar-refractivity contribution in [1.82, 2.24) is 0 Å². The highest BCUT2D eigenvalue weighted by atomic mass is 32.2. The zero-order valence-corrected chi connectivity index (χ0v) is 11.1. The van der Waals surface area contributed by atoms with E-state index in [2.05, 4.69) is 16.4 Å². The molecule has 1 rings (SSSR count). The molecule has 0 bridgehead atoms. The van der Waals surface area contributed by atoms with Crippen LogP contribution in [-0.4, -0.2) is 19.1 Å².